The van der Waals surface area contributed by atoms with Crippen LogP contribution in [-0.4, -0.2) is 101 Å². The molecule has 5 aliphatic rings. The lowest BCUT2D eigenvalue weighted by Gasteiger charge is -2.58. The predicted molar refractivity (Wildman–Crippen MR) is 286 cm³/mol. The predicted octanol–water partition coefficient (Wildman–Crippen LogP) is 10.5. The van der Waals surface area contributed by atoms with Crippen LogP contribution >= 0.6 is 0 Å². The first-order valence-corrected chi connectivity index (χ1v) is 28.0. The third-order valence-corrected chi connectivity index (χ3v) is 18.0. The molecular formula is C57H64F2N8O9S. The van der Waals surface area contributed by atoms with E-state index >= 15 is 0 Å². The van der Waals surface area contributed by atoms with Crippen molar-refractivity contribution in [3.63, 3.8) is 0 Å². The van der Waals surface area contributed by atoms with E-state index < -0.39 is 43.3 Å². The van der Waals surface area contributed by atoms with Gasteiger partial charge < -0.3 is 34.5 Å². The number of nitro groups is 1. The number of aromatic amines is 1. The van der Waals surface area contributed by atoms with E-state index in [0.29, 0.717) is 54.9 Å². The van der Waals surface area contributed by atoms with Crippen molar-refractivity contribution in [2.75, 3.05) is 49.5 Å². The number of nitrogens with zero attached hydrogens (tertiary/aromatic N) is 5. The van der Waals surface area contributed by atoms with Gasteiger partial charge in [0.2, 0.25) is 0 Å². The highest BCUT2D eigenvalue weighted by Crippen LogP contribution is 2.54. The number of anilines is 2. The van der Waals surface area contributed by atoms with Gasteiger partial charge in [0.1, 0.15) is 22.8 Å². The number of ether oxygens (including phenoxy) is 3. The maximum absolute atomic E-state index is 14.2. The number of amides is 1. The second-order valence-electron chi connectivity index (χ2n) is 22.3. The summed E-state index contributed by atoms with van der Waals surface area (Å²) in [5.41, 5.74) is 3.74. The smallest absolute Gasteiger partial charge is 0.455 e. The number of benzene rings is 4. The molecule has 20 heteroatoms. The Morgan fingerprint density at radius 2 is 1.74 bits per heavy atom. The molecule has 1 amide bonds. The summed E-state index contributed by atoms with van der Waals surface area (Å²) in [5, 5.41) is 26.5. The fraction of sp³-hybridized carbons (Fsp3) is 0.439. The van der Waals surface area contributed by atoms with E-state index in [-0.39, 0.29) is 45.9 Å². The van der Waals surface area contributed by atoms with Gasteiger partial charge in [0.05, 0.1) is 27.2 Å². The highest BCUT2D eigenvalue weighted by molar-refractivity contribution is 7.90. The maximum atomic E-state index is 14.2. The number of nitro benzene ring substituents is 1. The van der Waals surface area contributed by atoms with Crippen LogP contribution in [-0.2, 0) is 16.6 Å². The van der Waals surface area contributed by atoms with Gasteiger partial charge in [0.15, 0.2) is 11.5 Å². The van der Waals surface area contributed by atoms with Crippen molar-refractivity contribution in [3.8, 4) is 23.0 Å². The van der Waals surface area contributed by atoms with Crippen molar-refractivity contribution in [2.45, 2.75) is 113 Å². The summed E-state index contributed by atoms with van der Waals surface area (Å²) in [6.45, 7) is 10.9. The van der Waals surface area contributed by atoms with Crippen LogP contribution in [0.3, 0.4) is 0 Å². The van der Waals surface area contributed by atoms with E-state index in [1.165, 1.54) is 41.6 Å². The first kappa shape index (κ1) is 52.2. The number of H-pyrrole nitrogens is 1. The summed E-state index contributed by atoms with van der Waals surface area (Å²) in [5.74, 6) is 0.0923. The van der Waals surface area contributed by atoms with Crippen LogP contribution in [0.25, 0.3) is 11.0 Å². The molecule has 1 atom stereocenters. The third-order valence-electron chi connectivity index (χ3n) is 16.7. The summed E-state index contributed by atoms with van der Waals surface area (Å²) in [4.78, 5) is 40.0. The molecule has 1 spiro atoms. The molecule has 2 saturated carbocycles. The van der Waals surface area contributed by atoms with Crippen LogP contribution < -0.4 is 29.1 Å². The first-order valence-electron chi connectivity index (χ1n) is 26.6. The average molecular weight is 1080 g/mol. The zero-order valence-corrected chi connectivity index (χ0v) is 44.2. The number of halogens is 2. The molecule has 2 saturated heterocycles. The number of hydrogen-bond donors (Lipinski definition) is 4. The van der Waals surface area contributed by atoms with Crippen molar-refractivity contribution in [3.05, 3.63) is 136 Å². The standard InChI is InChI=1S/C57H64F2N8O9S/c1-36(2)44-8-4-5-9-45(44)49-35-64(34-39-7-6-10-50-52(39)76-57(58,59)75-50)25-26-66(49)41-30-56(31-41)20-23-65(24-21-56)40-11-13-46(51(28-40)74-42-27-38-17-22-60-53(38)62-33-42)54(68)63-77(72,73)43-12-14-47(48(29-43)67(70)71)61-32-37-15-18-55(3,69)19-16-37/h4-14,17,22,27-29,33,36-37,41,49,61,69H,15-16,18-21,23-26,30-32,34-35H2,1-3H3,(H,60,62)(H,63,68)/t37-,49?,55-. The number of alkyl halides is 2. The molecular weight excluding hydrogens is 1010 g/mol. The summed E-state index contributed by atoms with van der Waals surface area (Å²) in [6, 6.07) is 26.3. The second-order valence-corrected chi connectivity index (χ2v) is 24.0. The van der Waals surface area contributed by atoms with Crippen molar-refractivity contribution < 1.29 is 46.2 Å². The number of para-hydroxylation sites is 1. The van der Waals surface area contributed by atoms with Crippen molar-refractivity contribution >= 4 is 44.0 Å². The zero-order valence-electron chi connectivity index (χ0n) is 43.3. The number of fused-ring (bicyclic) bond motifs is 2. The number of carbonyl (C=O) groups excluding carboxylic acids is 1. The van der Waals surface area contributed by atoms with Crippen LogP contribution in [0.2, 0.25) is 0 Å². The van der Waals surface area contributed by atoms with Crippen LogP contribution in [0.1, 0.15) is 111 Å². The summed E-state index contributed by atoms with van der Waals surface area (Å²) >= 11 is 0. The quantitative estimate of drug-likeness (QED) is 0.0558. The summed E-state index contributed by atoms with van der Waals surface area (Å²) in [6.07, 6.45) is 6.27. The Bertz CT molecular complexity index is 3310. The minimum Gasteiger partial charge on any atom is -0.455 e. The highest BCUT2D eigenvalue weighted by Gasteiger charge is 2.51. The minimum atomic E-state index is -4.62. The van der Waals surface area contributed by atoms with Crippen LogP contribution in [0.5, 0.6) is 23.0 Å². The van der Waals surface area contributed by atoms with Gasteiger partial charge in [0.25, 0.3) is 21.6 Å². The number of aliphatic hydroxyl groups is 1. The number of pyridine rings is 1. The first-order chi connectivity index (χ1) is 36.8. The number of piperazine rings is 1. The number of hydrogen-bond acceptors (Lipinski definition) is 14. The minimum absolute atomic E-state index is 0.0523. The largest absolute Gasteiger partial charge is 0.586 e. The van der Waals surface area contributed by atoms with Crippen molar-refractivity contribution in [2.24, 2.45) is 11.3 Å². The number of piperidine rings is 1. The third kappa shape index (κ3) is 11.0. The number of rotatable bonds is 15. The van der Waals surface area contributed by atoms with Gasteiger partial charge in [0, 0.05) is 92.9 Å². The Labute approximate surface area is 446 Å². The highest BCUT2D eigenvalue weighted by atomic mass is 32.2. The molecule has 17 nitrogen and oxygen atoms in total. The van der Waals surface area contributed by atoms with Crippen LogP contribution in [0.15, 0.2) is 108 Å². The molecule has 77 heavy (non-hydrogen) atoms. The van der Waals surface area contributed by atoms with E-state index in [1.807, 2.05) is 12.1 Å². The summed E-state index contributed by atoms with van der Waals surface area (Å²) in [7, 11) is -4.62. The molecule has 0 bridgehead atoms. The molecule has 4 fully saturated rings. The van der Waals surface area contributed by atoms with Crippen molar-refractivity contribution in [1.29, 1.82) is 0 Å². The van der Waals surface area contributed by atoms with Gasteiger partial charge in [-0.1, -0.05) is 50.2 Å². The normalized spacial score (nSPS) is 22.5. The van der Waals surface area contributed by atoms with E-state index in [0.717, 1.165) is 88.4 Å². The SMILES string of the molecule is CC(C)c1ccccc1C1CN(Cc2cccc3c2OC(F)(F)O3)CCN1C1CC2(CCN(c3ccc(C(=O)NS(=O)(=O)c4ccc(NC[C@H]5CC[C@](C)(O)CC5)c([N+](=O)[O-])c4)c(Oc4cnc5[nH]ccc5c4)c3)CC2)C1. The topological polar surface area (TPSA) is 205 Å². The van der Waals surface area contributed by atoms with E-state index in [4.69, 9.17) is 14.2 Å². The second kappa shape index (κ2) is 20.5. The lowest BCUT2D eigenvalue weighted by Crippen LogP contribution is -2.60. The fourth-order valence-corrected chi connectivity index (χ4v) is 13.3. The van der Waals surface area contributed by atoms with E-state index in [9.17, 15) is 37.2 Å². The molecule has 0 radical (unpaired) electrons. The number of nitrogens with one attached hydrogen (secondary N) is 3. The molecule has 4 aromatic carbocycles. The van der Waals surface area contributed by atoms with Gasteiger partial charge in [-0.05, 0) is 129 Å². The molecule has 6 aromatic rings. The monoisotopic (exact) mass is 1070 g/mol. The molecule has 4 N–H and O–H groups in total. The summed E-state index contributed by atoms with van der Waals surface area (Å²) < 4.78 is 74.3. The molecule has 1 unspecified atom stereocenters. The average Bonchev–Trinajstić information content (AvgIpc) is 4.02. The zero-order chi connectivity index (χ0) is 53.9. The Morgan fingerprint density at radius 1 is 0.961 bits per heavy atom. The van der Waals surface area contributed by atoms with E-state index in [1.54, 1.807) is 37.4 Å². The molecule has 406 valence electrons. The Morgan fingerprint density at radius 3 is 2.51 bits per heavy atom. The molecule has 3 aliphatic heterocycles. The van der Waals surface area contributed by atoms with Gasteiger partial charge >= 0.3 is 6.29 Å². The molecule has 2 aromatic heterocycles. The Balaban J connectivity index is 0.780. The lowest BCUT2D eigenvalue weighted by atomic mass is 9.59. The van der Waals surface area contributed by atoms with Crippen LogP contribution in [0, 0.1) is 21.4 Å². The molecule has 5 heterocycles. The lowest BCUT2D eigenvalue weighted by molar-refractivity contribution is -0.384. The molecule has 2 aliphatic carbocycles. The fourth-order valence-electron chi connectivity index (χ4n) is 12.3. The maximum Gasteiger partial charge on any atom is 0.586 e. The van der Waals surface area contributed by atoms with Crippen LogP contribution in [0.4, 0.5) is 25.8 Å². The van der Waals surface area contributed by atoms with Gasteiger partial charge in [-0.3, -0.25) is 24.7 Å². The Kier molecular flexibility index (Phi) is 13.9. The van der Waals surface area contributed by atoms with Crippen molar-refractivity contribution in [1.82, 2.24) is 24.5 Å². The number of sulfonamides is 1. The molecule has 11 rings (SSSR count). The Hall–Kier alpha value is -6.87. The van der Waals surface area contributed by atoms with Gasteiger partial charge in [-0.15, -0.1) is 8.78 Å². The van der Waals surface area contributed by atoms with E-state index in [2.05, 4.69) is 72.8 Å². The number of aromatic nitrogens is 2. The van der Waals surface area contributed by atoms with Gasteiger partial charge in [-0.2, -0.15) is 0 Å². The number of carbonyl (C=O) groups is 1. The van der Waals surface area contributed by atoms with Gasteiger partial charge in [-0.25, -0.2) is 18.1 Å².